The van der Waals surface area contributed by atoms with Gasteiger partial charge < -0.3 is 4.57 Å². The lowest BCUT2D eigenvalue weighted by Crippen LogP contribution is -1.98. The molecule has 0 atom stereocenters. The number of benzene rings is 2. The predicted octanol–water partition coefficient (Wildman–Crippen LogP) is 12.1. The summed E-state index contributed by atoms with van der Waals surface area (Å²) in [5.41, 5.74) is 5.05. The van der Waals surface area contributed by atoms with Crippen molar-refractivity contribution in [2.45, 2.75) is 129 Å². The van der Waals surface area contributed by atoms with Gasteiger partial charge in [-0.25, -0.2) is 0 Å². The van der Waals surface area contributed by atoms with Crippen LogP contribution >= 0.6 is 0 Å². The number of unbranched alkanes of at least 4 members (excludes halogenated alkanes) is 17. The quantitative estimate of drug-likeness (QED) is 0.128. The molecule has 0 radical (unpaired) electrons. The molecule has 202 valence electrons. The van der Waals surface area contributed by atoms with Crippen LogP contribution in [0.3, 0.4) is 0 Å². The zero-order valence-corrected chi connectivity index (χ0v) is 23.9. The molecule has 0 amide bonds. The van der Waals surface area contributed by atoms with Crippen LogP contribution < -0.4 is 0 Å². The number of aromatic nitrogens is 1. The average Bonchev–Trinajstić information content (AvgIpc) is 3.24. The highest BCUT2D eigenvalue weighted by Gasteiger charge is 2.11. The van der Waals surface area contributed by atoms with Gasteiger partial charge in [-0.1, -0.05) is 154 Å². The van der Waals surface area contributed by atoms with E-state index in [0.29, 0.717) is 0 Å². The highest BCUT2D eigenvalue weighted by Crippen LogP contribution is 2.31. The molecule has 3 rings (SSSR count). The summed E-state index contributed by atoms with van der Waals surface area (Å²) >= 11 is 0. The molecule has 0 bridgehead atoms. The molecule has 1 nitrogen and oxygen atoms in total. The highest BCUT2D eigenvalue weighted by molar-refractivity contribution is 6.09. The molecule has 0 aliphatic carbocycles. The Morgan fingerprint density at radius 1 is 0.514 bits per heavy atom. The molecule has 0 fully saturated rings. The lowest BCUT2D eigenvalue weighted by Gasteiger charge is -2.08. The number of nitrogens with zero attached hydrogens (tertiary/aromatic N) is 1. The molecule has 0 unspecified atom stereocenters. The van der Waals surface area contributed by atoms with Crippen LogP contribution in [-0.2, 0) is 6.54 Å². The van der Waals surface area contributed by atoms with Crippen LogP contribution in [0.5, 0.6) is 0 Å². The van der Waals surface area contributed by atoms with Crippen molar-refractivity contribution in [2.75, 3.05) is 0 Å². The second-order valence-electron chi connectivity index (χ2n) is 11.1. The highest BCUT2D eigenvalue weighted by atomic mass is 15.0. The Bertz CT molecular complexity index is 1000. The summed E-state index contributed by atoms with van der Waals surface area (Å²) in [7, 11) is 0. The standard InChI is InChI=1S/C36H53N/c1-4-7-8-9-10-11-12-13-14-15-16-17-18-19-20-21-22-23-28-37-35-26-24-31(5-2)29-33(35)34-30-32(6-3)25-27-36(34)37/h5-6,24-27,29-30H,2-4,7-23,28H2,1H3. The van der Waals surface area contributed by atoms with E-state index in [-0.39, 0.29) is 0 Å². The molecule has 2 aromatic carbocycles. The third-order valence-corrected chi connectivity index (χ3v) is 8.12. The van der Waals surface area contributed by atoms with Crippen molar-refractivity contribution in [2.24, 2.45) is 0 Å². The van der Waals surface area contributed by atoms with Crippen LogP contribution in [0.15, 0.2) is 49.6 Å². The fourth-order valence-corrected chi connectivity index (χ4v) is 5.81. The van der Waals surface area contributed by atoms with Crippen LogP contribution in [-0.4, -0.2) is 4.57 Å². The van der Waals surface area contributed by atoms with Gasteiger partial charge in [-0.2, -0.15) is 0 Å². The molecule has 37 heavy (non-hydrogen) atoms. The summed E-state index contributed by atoms with van der Waals surface area (Å²) in [4.78, 5) is 0. The number of aryl methyl sites for hydroxylation is 1. The van der Waals surface area contributed by atoms with Gasteiger partial charge in [0.15, 0.2) is 0 Å². The van der Waals surface area contributed by atoms with Crippen molar-refractivity contribution in [3.8, 4) is 0 Å². The van der Waals surface area contributed by atoms with E-state index in [1.807, 2.05) is 12.2 Å². The van der Waals surface area contributed by atoms with Gasteiger partial charge in [0.1, 0.15) is 0 Å². The van der Waals surface area contributed by atoms with Gasteiger partial charge in [-0.3, -0.25) is 0 Å². The van der Waals surface area contributed by atoms with E-state index < -0.39 is 0 Å². The fraction of sp³-hybridized carbons (Fsp3) is 0.556. The Labute approximate surface area is 228 Å². The first-order valence-electron chi connectivity index (χ1n) is 15.6. The molecule has 1 heteroatoms. The van der Waals surface area contributed by atoms with E-state index in [2.05, 4.69) is 61.0 Å². The zero-order valence-electron chi connectivity index (χ0n) is 23.9. The first-order valence-corrected chi connectivity index (χ1v) is 15.6. The monoisotopic (exact) mass is 499 g/mol. The molecule has 0 aliphatic heterocycles. The van der Waals surface area contributed by atoms with Gasteiger partial charge in [-0.05, 0) is 41.8 Å². The molecular weight excluding hydrogens is 446 g/mol. The Morgan fingerprint density at radius 3 is 1.22 bits per heavy atom. The van der Waals surface area contributed by atoms with E-state index in [1.54, 1.807) is 0 Å². The van der Waals surface area contributed by atoms with Crippen molar-refractivity contribution in [1.29, 1.82) is 0 Å². The van der Waals surface area contributed by atoms with Gasteiger partial charge in [0, 0.05) is 28.4 Å². The number of hydrogen-bond donors (Lipinski definition) is 0. The van der Waals surface area contributed by atoms with E-state index in [1.165, 1.54) is 149 Å². The maximum atomic E-state index is 3.96. The van der Waals surface area contributed by atoms with Crippen LogP contribution in [0, 0.1) is 0 Å². The van der Waals surface area contributed by atoms with Crippen LogP contribution in [0.25, 0.3) is 34.0 Å². The van der Waals surface area contributed by atoms with E-state index in [4.69, 9.17) is 0 Å². The molecule has 0 saturated carbocycles. The molecule has 0 spiro atoms. The predicted molar refractivity (Wildman–Crippen MR) is 168 cm³/mol. The minimum atomic E-state index is 1.10. The molecule has 0 saturated heterocycles. The largest absolute Gasteiger partial charge is 0.340 e. The Morgan fingerprint density at radius 2 is 0.865 bits per heavy atom. The van der Waals surface area contributed by atoms with Gasteiger partial charge in [0.2, 0.25) is 0 Å². The molecule has 1 heterocycles. The summed E-state index contributed by atoms with van der Waals surface area (Å²) in [6.07, 6.45) is 29.5. The Balaban J connectivity index is 1.27. The lowest BCUT2D eigenvalue weighted by atomic mass is 10.0. The molecule has 3 aromatic rings. The summed E-state index contributed by atoms with van der Waals surface area (Å²) < 4.78 is 2.52. The van der Waals surface area contributed by atoms with Crippen molar-refractivity contribution >= 4 is 34.0 Å². The molecule has 0 aliphatic rings. The van der Waals surface area contributed by atoms with Crippen LogP contribution in [0.4, 0.5) is 0 Å². The van der Waals surface area contributed by atoms with Crippen molar-refractivity contribution in [3.63, 3.8) is 0 Å². The molecular formula is C36H53N. The number of hydrogen-bond acceptors (Lipinski definition) is 0. The van der Waals surface area contributed by atoms with Crippen molar-refractivity contribution < 1.29 is 0 Å². The summed E-state index contributed by atoms with van der Waals surface area (Å²) in [6, 6.07) is 13.5. The SMILES string of the molecule is C=Cc1ccc2c(c1)c1cc(C=C)ccc1n2CCCCCCCCCCCCCCCCCCCC. The van der Waals surface area contributed by atoms with Crippen LogP contribution in [0.1, 0.15) is 134 Å². The van der Waals surface area contributed by atoms with E-state index in [0.717, 1.165) is 6.54 Å². The minimum absolute atomic E-state index is 1.10. The normalized spacial score (nSPS) is 11.5. The lowest BCUT2D eigenvalue weighted by molar-refractivity contribution is 0.521. The van der Waals surface area contributed by atoms with Crippen molar-refractivity contribution in [3.05, 3.63) is 60.7 Å². The molecule has 1 aromatic heterocycles. The Kier molecular flexibility index (Phi) is 13.7. The third kappa shape index (κ3) is 9.51. The van der Waals surface area contributed by atoms with Gasteiger partial charge in [0.25, 0.3) is 0 Å². The summed E-state index contributed by atoms with van der Waals surface area (Å²) in [5, 5.41) is 2.66. The average molecular weight is 500 g/mol. The van der Waals surface area contributed by atoms with Crippen LogP contribution in [0.2, 0.25) is 0 Å². The summed E-state index contributed by atoms with van der Waals surface area (Å²) in [6.45, 7) is 11.3. The third-order valence-electron chi connectivity index (χ3n) is 8.12. The maximum absolute atomic E-state index is 3.96. The smallest absolute Gasteiger partial charge is 0.0491 e. The first kappa shape index (κ1) is 29.3. The number of rotatable bonds is 21. The number of fused-ring (bicyclic) bond motifs is 3. The van der Waals surface area contributed by atoms with Crippen molar-refractivity contribution in [1.82, 2.24) is 4.57 Å². The van der Waals surface area contributed by atoms with Gasteiger partial charge in [-0.15, -0.1) is 0 Å². The molecule has 0 N–H and O–H groups in total. The van der Waals surface area contributed by atoms with Gasteiger partial charge in [0.05, 0.1) is 0 Å². The first-order chi connectivity index (χ1) is 18.3. The minimum Gasteiger partial charge on any atom is -0.340 e. The van der Waals surface area contributed by atoms with E-state index >= 15 is 0 Å². The Hall–Kier alpha value is -2.28. The second kappa shape index (κ2) is 17.3. The second-order valence-corrected chi connectivity index (χ2v) is 11.1. The maximum Gasteiger partial charge on any atom is 0.0491 e. The summed E-state index contributed by atoms with van der Waals surface area (Å²) in [5.74, 6) is 0. The van der Waals surface area contributed by atoms with Gasteiger partial charge >= 0.3 is 0 Å². The zero-order chi connectivity index (χ0) is 26.1. The topological polar surface area (TPSA) is 4.93 Å². The van der Waals surface area contributed by atoms with E-state index in [9.17, 15) is 0 Å². The fourth-order valence-electron chi connectivity index (χ4n) is 5.81.